The van der Waals surface area contributed by atoms with Gasteiger partial charge in [0.15, 0.2) is 0 Å². The van der Waals surface area contributed by atoms with Gasteiger partial charge in [0.2, 0.25) is 0 Å². The fraction of sp³-hybridized carbons (Fsp3) is 0.500. The molecule has 0 bridgehead atoms. The second-order valence-electron chi connectivity index (χ2n) is 5.22. The van der Waals surface area contributed by atoms with E-state index in [0.29, 0.717) is 15.9 Å². The number of anilines is 1. The summed E-state index contributed by atoms with van der Waals surface area (Å²) in [4.78, 5) is 2.74. The maximum Gasteiger partial charge on any atom is 0.105 e. The van der Waals surface area contributed by atoms with Gasteiger partial charge >= 0.3 is 0 Å². The number of benzene rings is 1. The Morgan fingerprint density at radius 3 is 2.67 bits per heavy atom. The van der Waals surface area contributed by atoms with Gasteiger partial charge in [0, 0.05) is 24.3 Å². The third-order valence-electron chi connectivity index (χ3n) is 3.92. The number of hydrogen-bond donors (Lipinski definition) is 1. The number of piperidine rings is 1. The molecule has 2 atom stereocenters. The average molecular weight is 283 g/mol. The van der Waals surface area contributed by atoms with E-state index in [4.69, 9.17) is 29.6 Å². The first-order valence-electron chi connectivity index (χ1n) is 6.33. The van der Waals surface area contributed by atoms with Crippen LogP contribution in [0.25, 0.3) is 0 Å². The van der Waals surface area contributed by atoms with Gasteiger partial charge in [-0.3, -0.25) is 0 Å². The van der Waals surface area contributed by atoms with Crippen LogP contribution in [0.1, 0.15) is 25.8 Å². The van der Waals surface area contributed by atoms with Crippen molar-refractivity contribution in [3.05, 3.63) is 28.8 Å². The largest absolute Gasteiger partial charge is 0.389 e. The van der Waals surface area contributed by atoms with Gasteiger partial charge in [0.25, 0.3) is 0 Å². The fourth-order valence-corrected chi connectivity index (χ4v) is 2.91. The van der Waals surface area contributed by atoms with Gasteiger partial charge in [-0.05, 0) is 36.5 Å². The van der Waals surface area contributed by atoms with Gasteiger partial charge in [0.1, 0.15) is 4.99 Å². The third-order valence-corrected chi connectivity index (χ3v) is 4.45. The molecule has 2 unspecified atom stereocenters. The molecular formula is C14H19ClN2S. The lowest BCUT2D eigenvalue weighted by molar-refractivity contribution is 0.324. The summed E-state index contributed by atoms with van der Waals surface area (Å²) in [5, 5.41) is 0.645. The molecule has 18 heavy (non-hydrogen) atoms. The van der Waals surface area contributed by atoms with E-state index in [9.17, 15) is 0 Å². The van der Waals surface area contributed by atoms with Crippen molar-refractivity contribution in [1.82, 2.24) is 0 Å². The van der Waals surface area contributed by atoms with E-state index < -0.39 is 0 Å². The van der Waals surface area contributed by atoms with E-state index in [-0.39, 0.29) is 0 Å². The van der Waals surface area contributed by atoms with Crippen molar-refractivity contribution in [1.29, 1.82) is 0 Å². The molecule has 0 spiro atoms. The highest BCUT2D eigenvalue weighted by Crippen LogP contribution is 2.29. The minimum Gasteiger partial charge on any atom is -0.389 e. The standard InChI is InChI=1S/C14H19ClN2S/c1-9-5-6-17(8-10(9)2)11-3-4-12(14(16)18)13(15)7-11/h3-4,7,9-10H,5-6,8H2,1-2H3,(H2,16,18). The number of nitrogens with zero attached hydrogens (tertiary/aromatic N) is 1. The highest BCUT2D eigenvalue weighted by atomic mass is 35.5. The van der Waals surface area contributed by atoms with Crippen LogP contribution in [-0.4, -0.2) is 18.1 Å². The molecule has 0 aliphatic carbocycles. The van der Waals surface area contributed by atoms with Crippen LogP contribution in [0.2, 0.25) is 5.02 Å². The SMILES string of the molecule is CC1CCN(c2ccc(C(N)=S)c(Cl)c2)CC1C. The predicted molar refractivity (Wildman–Crippen MR) is 82.5 cm³/mol. The second-order valence-corrected chi connectivity index (χ2v) is 6.06. The zero-order valence-corrected chi connectivity index (χ0v) is 12.4. The Bertz CT molecular complexity index is 461. The molecule has 0 aromatic heterocycles. The summed E-state index contributed by atoms with van der Waals surface area (Å²) in [6.45, 7) is 6.81. The Balaban J connectivity index is 2.19. The highest BCUT2D eigenvalue weighted by Gasteiger charge is 2.23. The molecular weight excluding hydrogens is 264 g/mol. The number of rotatable bonds is 2. The minimum atomic E-state index is 0.354. The number of thiocarbonyl (C=S) groups is 1. The van der Waals surface area contributed by atoms with Crippen molar-refractivity contribution in [2.75, 3.05) is 18.0 Å². The number of nitrogens with two attached hydrogens (primary N) is 1. The Labute approximate surface area is 119 Å². The van der Waals surface area contributed by atoms with Crippen LogP contribution in [-0.2, 0) is 0 Å². The predicted octanol–water partition coefficient (Wildman–Crippen LogP) is 3.46. The van der Waals surface area contributed by atoms with E-state index in [1.807, 2.05) is 12.1 Å². The molecule has 1 aromatic carbocycles. The van der Waals surface area contributed by atoms with Gasteiger partial charge < -0.3 is 10.6 Å². The van der Waals surface area contributed by atoms with Crippen LogP contribution in [0.3, 0.4) is 0 Å². The first-order valence-corrected chi connectivity index (χ1v) is 7.12. The molecule has 1 saturated heterocycles. The van der Waals surface area contributed by atoms with Crippen LogP contribution in [0, 0.1) is 11.8 Å². The quantitative estimate of drug-likeness (QED) is 0.843. The molecule has 1 aromatic rings. The summed E-state index contributed by atoms with van der Waals surface area (Å²) in [7, 11) is 0. The lowest BCUT2D eigenvalue weighted by Gasteiger charge is -2.37. The summed E-state index contributed by atoms with van der Waals surface area (Å²) in [5.41, 5.74) is 7.54. The van der Waals surface area contributed by atoms with Crippen LogP contribution < -0.4 is 10.6 Å². The van der Waals surface area contributed by atoms with Gasteiger partial charge in [0.05, 0.1) is 5.02 Å². The molecule has 1 aliphatic heterocycles. The van der Waals surface area contributed by atoms with Crippen LogP contribution in [0.5, 0.6) is 0 Å². The normalized spacial score (nSPS) is 24.1. The molecule has 2 N–H and O–H groups in total. The van der Waals surface area contributed by atoms with Gasteiger partial charge in [-0.1, -0.05) is 37.7 Å². The maximum atomic E-state index is 6.21. The Kier molecular flexibility index (Phi) is 4.13. The van der Waals surface area contributed by atoms with Crippen molar-refractivity contribution in [2.45, 2.75) is 20.3 Å². The topological polar surface area (TPSA) is 29.3 Å². The van der Waals surface area contributed by atoms with E-state index >= 15 is 0 Å². The molecule has 1 fully saturated rings. The Morgan fingerprint density at radius 1 is 1.39 bits per heavy atom. The molecule has 1 heterocycles. The van der Waals surface area contributed by atoms with Crippen LogP contribution in [0.4, 0.5) is 5.69 Å². The molecule has 2 nitrogen and oxygen atoms in total. The first-order chi connectivity index (χ1) is 8.49. The van der Waals surface area contributed by atoms with Gasteiger partial charge in [-0.2, -0.15) is 0 Å². The van der Waals surface area contributed by atoms with Crippen molar-refractivity contribution < 1.29 is 0 Å². The van der Waals surface area contributed by atoms with Crippen LogP contribution in [0.15, 0.2) is 18.2 Å². The zero-order chi connectivity index (χ0) is 13.3. The number of halogens is 1. The molecule has 1 aliphatic rings. The van der Waals surface area contributed by atoms with Gasteiger partial charge in [-0.15, -0.1) is 0 Å². The summed E-state index contributed by atoms with van der Waals surface area (Å²) in [6.07, 6.45) is 1.23. The van der Waals surface area contributed by atoms with E-state index in [0.717, 1.165) is 24.6 Å². The van der Waals surface area contributed by atoms with Crippen molar-refractivity contribution in [3.63, 3.8) is 0 Å². The smallest absolute Gasteiger partial charge is 0.105 e. The molecule has 2 rings (SSSR count). The number of hydrogen-bond acceptors (Lipinski definition) is 2. The molecule has 0 amide bonds. The maximum absolute atomic E-state index is 6.21. The molecule has 4 heteroatoms. The molecule has 98 valence electrons. The van der Waals surface area contributed by atoms with E-state index in [1.54, 1.807) is 0 Å². The average Bonchev–Trinajstić information content (AvgIpc) is 2.32. The van der Waals surface area contributed by atoms with Crippen molar-refractivity contribution in [2.24, 2.45) is 17.6 Å². The summed E-state index contributed by atoms with van der Waals surface area (Å²) < 4.78 is 0. The van der Waals surface area contributed by atoms with Crippen molar-refractivity contribution >= 4 is 34.5 Å². The Morgan fingerprint density at radius 2 is 2.11 bits per heavy atom. The first kappa shape index (κ1) is 13.6. The van der Waals surface area contributed by atoms with Crippen LogP contribution >= 0.6 is 23.8 Å². The minimum absolute atomic E-state index is 0.354. The third kappa shape index (κ3) is 2.78. The molecule has 0 saturated carbocycles. The summed E-state index contributed by atoms with van der Waals surface area (Å²) >= 11 is 11.2. The van der Waals surface area contributed by atoms with E-state index in [1.165, 1.54) is 12.1 Å². The second kappa shape index (κ2) is 5.45. The lowest BCUT2D eigenvalue weighted by atomic mass is 9.88. The highest BCUT2D eigenvalue weighted by molar-refractivity contribution is 7.80. The Hall–Kier alpha value is -0.800. The zero-order valence-electron chi connectivity index (χ0n) is 10.8. The summed E-state index contributed by atoms with van der Waals surface area (Å²) in [6, 6.07) is 5.95. The fourth-order valence-electron chi connectivity index (χ4n) is 2.40. The molecule has 0 radical (unpaired) electrons. The van der Waals surface area contributed by atoms with Crippen molar-refractivity contribution in [3.8, 4) is 0 Å². The lowest BCUT2D eigenvalue weighted by Crippen LogP contribution is -2.38. The van der Waals surface area contributed by atoms with E-state index in [2.05, 4.69) is 24.8 Å². The monoisotopic (exact) mass is 282 g/mol. The van der Waals surface area contributed by atoms with Gasteiger partial charge in [-0.25, -0.2) is 0 Å². The summed E-state index contributed by atoms with van der Waals surface area (Å²) in [5.74, 6) is 1.51.